The van der Waals surface area contributed by atoms with Crippen molar-refractivity contribution in [3.63, 3.8) is 0 Å². The van der Waals surface area contributed by atoms with Crippen LogP contribution in [0, 0.1) is 23.7 Å². The molecule has 3 heterocycles. The molecule has 0 bridgehead atoms. The number of carbonyl (C=O) groups is 2. The lowest BCUT2D eigenvalue weighted by molar-refractivity contribution is -0.135. The van der Waals surface area contributed by atoms with E-state index in [1.54, 1.807) is 11.6 Å². The predicted molar refractivity (Wildman–Crippen MR) is 131 cm³/mol. The van der Waals surface area contributed by atoms with Crippen LogP contribution in [-0.2, 0) is 16.6 Å². The molecule has 180 valence electrons. The summed E-state index contributed by atoms with van der Waals surface area (Å²) in [5, 5.41) is 2.36. The summed E-state index contributed by atoms with van der Waals surface area (Å²) >= 11 is 0. The third-order valence-corrected chi connectivity index (χ3v) is 7.86. The van der Waals surface area contributed by atoms with Gasteiger partial charge in [-0.2, -0.15) is 0 Å². The average Bonchev–Trinajstić information content (AvgIpc) is 3.10. The van der Waals surface area contributed by atoms with Crippen LogP contribution in [0.4, 0.5) is 0 Å². The Morgan fingerprint density at radius 1 is 1.00 bits per heavy atom. The number of likely N-dealkylation sites (tertiary alicyclic amines) is 1. The molecule has 7 heteroatoms. The van der Waals surface area contributed by atoms with Crippen LogP contribution in [0.2, 0.25) is 0 Å². The van der Waals surface area contributed by atoms with Crippen molar-refractivity contribution >= 4 is 22.8 Å². The van der Waals surface area contributed by atoms with Crippen molar-refractivity contribution in [3.05, 3.63) is 34.2 Å². The van der Waals surface area contributed by atoms with Crippen molar-refractivity contribution in [2.24, 2.45) is 18.9 Å². The van der Waals surface area contributed by atoms with E-state index in [0.29, 0.717) is 17.9 Å². The Morgan fingerprint density at radius 2 is 1.76 bits per heavy atom. The van der Waals surface area contributed by atoms with Gasteiger partial charge in [-0.05, 0) is 63.2 Å². The number of carbonyl (C=O) groups excluding carboxylic acids is 2. The fourth-order valence-electron chi connectivity index (χ4n) is 5.94. The third kappa shape index (κ3) is 4.56. The van der Waals surface area contributed by atoms with E-state index in [1.807, 2.05) is 18.2 Å². The van der Waals surface area contributed by atoms with Crippen LogP contribution in [0.1, 0.15) is 69.4 Å². The molecule has 1 atom stereocenters. The Kier molecular flexibility index (Phi) is 6.60. The van der Waals surface area contributed by atoms with Crippen LogP contribution in [0.3, 0.4) is 0 Å². The minimum absolute atomic E-state index is 0.234. The Bertz CT molecular complexity index is 1200. The standard InChI is InChI=1S/C27H34N4O3/c1-29-25-21(11-10-19-14-16-30(17-15-19)18-20-6-3-2-4-7-20)8-5-9-22(25)31(27(29)34)23-12-13-24(32)28-26(23)33/h5,8-9,19-20,23H,2-4,6-7,12-18H2,1H3,(H,28,32,33). The third-order valence-electron chi connectivity index (χ3n) is 7.86. The zero-order chi connectivity index (χ0) is 23.7. The van der Waals surface area contributed by atoms with Crippen LogP contribution in [0.5, 0.6) is 0 Å². The van der Waals surface area contributed by atoms with Gasteiger partial charge in [-0.3, -0.25) is 24.0 Å². The van der Waals surface area contributed by atoms with E-state index in [9.17, 15) is 14.4 Å². The predicted octanol–water partition coefficient (Wildman–Crippen LogP) is 2.96. The fourth-order valence-corrected chi connectivity index (χ4v) is 5.94. The van der Waals surface area contributed by atoms with E-state index in [0.717, 1.165) is 42.9 Å². The number of imidazole rings is 1. The molecule has 2 amide bonds. The number of hydrogen-bond donors (Lipinski definition) is 1. The zero-order valence-electron chi connectivity index (χ0n) is 20.0. The highest BCUT2D eigenvalue weighted by Gasteiger charge is 2.31. The van der Waals surface area contributed by atoms with Crippen LogP contribution in [-0.4, -0.2) is 45.5 Å². The molecule has 2 aromatic rings. The van der Waals surface area contributed by atoms with Gasteiger partial charge in [0.15, 0.2) is 0 Å². The molecule has 3 aliphatic rings. The molecule has 0 spiro atoms. The lowest BCUT2D eigenvalue weighted by Crippen LogP contribution is -2.44. The minimum Gasteiger partial charge on any atom is -0.303 e. The van der Waals surface area contributed by atoms with Gasteiger partial charge >= 0.3 is 5.69 Å². The quantitative estimate of drug-likeness (QED) is 0.562. The summed E-state index contributed by atoms with van der Waals surface area (Å²) in [7, 11) is 1.72. The topological polar surface area (TPSA) is 76.3 Å². The number of benzene rings is 1. The first kappa shape index (κ1) is 22.9. The van der Waals surface area contributed by atoms with Gasteiger partial charge in [0, 0.05) is 25.9 Å². The molecule has 34 heavy (non-hydrogen) atoms. The maximum absolute atomic E-state index is 13.1. The number of imide groups is 1. The number of amides is 2. The fraction of sp³-hybridized carbons (Fsp3) is 0.593. The molecule has 3 fully saturated rings. The summed E-state index contributed by atoms with van der Waals surface area (Å²) < 4.78 is 3.10. The molecule has 1 unspecified atom stereocenters. The molecule has 1 N–H and O–H groups in total. The van der Waals surface area contributed by atoms with Gasteiger partial charge in [0.2, 0.25) is 11.8 Å². The summed E-state index contributed by atoms with van der Waals surface area (Å²) in [6.07, 6.45) is 9.72. The summed E-state index contributed by atoms with van der Waals surface area (Å²) in [5.74, 6) is 7.38. The Morgan fingerprint density at radius 3 is 2.50 bits per heavy atom. The van der Waals surface area contributed by atoms with E-state index in [2.05, 4.69) is 22.1 Å². The number of aryl methyl sites for hydroxylation is 1. The normalized spacial score (nSPS) is 23.0. The van der Waals surface area contributed by atoms with Gasteiger partial charge in [-0.25, -0.2) is 4.79 Å². The van der Waals surface area contributed by atoms with Crippen LogP contribution in [0.15, 0.2) is 23.0 Å². The second-order valence-electron chi connectivity index (χ2n) is 10.2. The number of piperidine rings is 2. The number of para-hydroxylation sites is 1. The molecule has 1 aromatic heterocycles. The second kappa shape index (κ2) is 9.79. The summed E-state index contributed by atoms with van der Waals surface area (Å²) in [4.78, 5) is 39.7. The first-order valence-corrected chi connectivity index (χ1v) is 12.8. The van der Waals surface area contributed by atoms with Gasteiger partial charge < -0.3 is 4.90 Å². The van der Waals surface area contributed by atoms with E-state index in [1.165, 1.54) is 43.2 Å². The number of hydrogen-bond acceptors (Lipinski definition) is 4. The van der Waals surface area contributed by atoms with E-state index in [-0.39, 0.29) is 18.0 Å². The maximum Gasteiger partial charge on any atom is 0.329 e. The molecule has 7 nitrogen and oxygen atoms in total. The lowest BCUT2D eigenvalue weighted by atomic mass is 9.88. The Hall–Kier alpha value is -2.85. The van der Waals surface area contributed by atoms with E-state index < -0.39 is 11.9 Å². The zero-order valence-corrected chi connectivity index (χ0v) is 20.0. The summed E-state index contributed by atoms with van der Waals surface area (Å²) in [6.45, 7) is 3.48. The molecular weight excluding hydrogens is 428 g/mol. The lowest BCUT2D eigenvalue weighted by Gasteiger charge is -2.34. The van der Waals surface area contributed by atoms with Crippen molar-refractivity contribution in [1.29, 1.82) is 0 Å². The molecular formula is C27H34N4O3. The number of aromatic nitrogens is 2. The van der Waals surface area contributed by atoms with Crippen molar-refractivity contribution in [2.45, 2.75) is 63.8 Å². The molecule has 1 saturated carbocycles. The number of fused-ring (bicyclic) bond motifs is 1. The SMILES string of the molecule is Cn1c(=O)n(C2CCC(=O)NC2=O)c2cccc(C#CC3CCN(CC4CCCCC4)CC3)c21. The summed E-state index contributed by atoms with van der Waals surface area (Å²) in [5.41, 5.74) is 2.00. The van der Waals surface area contributed by atoms with Crippen LogP contribution < -0.4 is 11.0 Å². The van der Waals surface area contributed by atoms with Crippen LogP contribution in [0.25, 0.3) is 11.0 Å². The Balaban J connectivity index is 1.32. The van der Waals surface area contributed by atoms with Crippen LogP contribution >= 0.6 is 0 Å². The highest BCUT2D eigenvalue weighted by molar-refractivity contribution is 6.00. The van der Waals surface area contributed by atoms with Crippen molar-refractivity contribution in [1.82, 2.24) is 19.4 Å². The molecule has 1 aromatic carbocycles. The van der Waals surface area contributed by atoms with Gasteiger partial charge in [-0.1, -0.05) is 37.2 Å². The van der Waals surface area contributed by atoms with Gasteiger partial charge in [0.05, 0.1) is 16.6 Å². The van der Waals surface area contributed by atoms with Crippen molar-refractivity contribution in [2.75, 3.05) is 19.6 Å². The smallest absolute Gasteiger partial charge is 0.303 e. The number of rotatable bonds is 3. The highest BCUT2D eigenvalue weighted by atomic mass is 16.2. The molecule has 2 saturated heterocycles. The highest BCUT2D eigenvalue weighted by Crippen LogP contribution is 2.27. The second-order valence-corrected chi connectivity index (χ2v) is 10.2. The monoisotopic (exact) mass is 462 g/mol. The van der Waals surface area contributed by atoms with Crippen molar-refractivity contribution in [3.8, 4) is 11.8 Å². The maximum atomic E-state index is 13.1. The van der Waals surface area contributed by atoms with E-state index in [4.69, 9.17) is 0 Å². The average molecular weight is 463 g/mol. The first-order valence-electron chi connectivity index (χ1n) is 12.8. The van der Waals surface area contributed by atoms with E-state index >= 15 is 0 Å². The molecule has 2 aliphatic heterocycles. The molecule has 1 aliphatic carbocycles. The van der Waals surface area contributed by atoms with Crippen molar-refractivity contribution < 1.29 is 9.59 Å². The number of nitrogens with one attached hydrogen (secondary N) is 1. The molecule has 5 rings (SSSR count). The first-order chi connectivity index (χ1) is 16.5. The van der Waals surface area contributed by atoms with Gasteiger partial charge in [0.25, 0.3) is 0 Å². The van der Waals surface area contributed by atoms with Gasteiger partial charge in [0.1, 0.15) is 6.04 Å². The minimum atomic E-state index is -0.675. The Labute approximate surface area is 200 Å². The summed E-state index contributed by atoms with van der Waals surface area (Å²) in [6, 6.07) is 5.02. The largest absolute Gasteiger partial charge is 0.329 e. The van der Waals surface area contributed by atoms with Gasteiger partial charge in [-0.15, -0.1) is 0 Å². The number of nitrogens with zero attached hydrogens (tertiary/aromatic N) is 3. The molecule has 0 radical (unpaired) electrons.